The summed E-state index contributed by atoms with van der Waals surface area (Å²) in [6.45, 7) is 4.62. The van der Waals surface area contributed by atoms with Gasteiger partial charge in [0.25, 0.3) is 0 Å². The van der Waals surface area contributed by atoms with Crippen molar-refractivity contribution in [2.45, 2.75) is 32.0 Å². The summed E-state index contributed by atoms with van der Waals surface area (Å²) in [5, 5.41) is 3.39. The highest BCUT2D eigenvalue weighted by molar-refractivity contribution is 5.59. The Morgan fingerprint density at radius 1 is 0.806 bits per heavy atom. The molecule has 2 fully saturated rings. The summed E-state index contributed by atoms with van der Waals surface area (Å²) in [4.78, 5) is 19.9. The van der Waals surface area contributed by atoms with Gasteiger partial charge in [-0.3, -0.25) is 4.90 Å². The number of nitrogens with zero attached hydrogens (tertiary/aromatic N) is 6. The monoisotopic (exact) mass is 497 g/mol. The van der Waals surface area contributed by atoms with E-state index in [-0.39, 0.29) is 5.82 Å². The number of piperazine rings is 1. The van der Waals surface area contributed by atoms with Crippen molar-refractivity contribution in [3.8, 4) is 0 Å². The second-order valence-corrected chi connectivity index (χ2v) is 9.20. The highest BCUT2D eigenvalue weighted by Crippen LogP contribution is 2.35. The number of hydrogen-bond acceptors (Lipinski definition) is 7. The fraction of sp³-hybridized carbons (Fsp3) is 0.423. The third kappa shape index (κ3) is 5.87. The van der Waals surface area contributed by atoms with Crippen molar-refractivity contribution in [3.05, 3.63) is 66.1 Å². The normalized spacial score (nSPS) is 17.3. The average molecular weight is 498 g/mol. The molecular weight excluding hydrogens is 467 g/mol. The topological polar surface area (TPSA) is 60.4 Å². The van der Waals surface area contributed by atoms with E-state index in [1.807, 2.05) is 36.4 Å². The van der Waals surface area contributed by atoms with Crippen molar-refractivity contribution in [3.63, 3.8) is 0 Å². The number of rotatable bonds is 6. The molecule has 0 aliphatic carbocycles. The predicted molar refractivity (Wildman–Crippen MR) is 135 cm³/mol. The lowest BCUT2D eigenvalue weighted by Crippen LogP contribution is -2.47. The summed E-state index contributed by atoms with van der Waals surface area (Å²) in [5.74, 6) is 2.37. The lowest BCUT2D eigenvalue weighted by Gasteiger charge is -2.36. The lowest BCUT2D eigenvalue weighted by atomic mass is 10.1. The number of alkyl halides is 3. The summed E-state index contributed by atoms with van der Waals surface area (Å²) in [5.41, 5.74) is 0.267. The maximum atomic E-state index is 13.4. The molecule has 0 amide bonds. The Morgan fingerprint density at radius 2 is 1.56 bits per heavy atom. The molecule has 0 radical (unpaired) electrons. The van der Waals surface area contributed by atoms with Gasteiger partial charge in [-0.25, -0.2) is 15.0 Å². The minimum Gasteiger partial charge on any atom is -0.356 e. The first-order valence-corrected chi connectivity index (χ1v) is 12.4. The number of piperidine rings is 1. The van der Waals surface area contributed by atoms with E-state index in [1.165, 1.54) is 18.7 Å². The van der Waals surface area contributed by atoms with Crippen molar-refractivity contribution in [2.24, 2.45) is 0 Å². The second kappa shape index (κ2) is 10.7. The van der Waals surface area contributed by atoms with E-state index in [9.17, 15) is 13.2 Å². The first-order valence-electron chi connectivity index (χ1n) is 12.4. The summed E-state index contributed by atoms with van der Waals surface area (Å²) in [6, 6.07) is 14.3. The van der Waals surface area contributed by atoms with Crippen molar-refractivity contribution >= 4 is 23.1 Å². The molecule has 4 heterocycles. The number of nitrogens with one attached hydrogen (secondary N) is 1. The molecular formula is C26H30F3N7. The Bertz CT molecular complexity index is 1140. The molecule has 0 spiro atoms. The van der Waals surface area contributed by atoms with E-state index < -0.39 is 11.7 Å². The zero-order valence-electron chi connectivity index (χ0n) is 20.1. The predicted octanol–water partition coefficient (Wildman–Crippen LogP) is 4.95. The zero-order chi connectivity index (χ0) is 25.0. The maximum Gasteiger partial charge on any atom is 0.419 e. The van der Waals surface area contributed by atoms with Gasteiger partial charge in [0.05, 0.1) is 12.1 Å². The van der Waals surface area contributed by atoms with Gasteiger partial charge in [-0.2, -0.15) is 13.2 Å². The molecule has 0 unspecified atom stereocenters. The average Bonchev–Trinajstić information content (AvgIpc) is 2.90. The van der Waals surface area contributed by atoms with Gasteiger partial charge in [-0.05, 0) is 43.5 Å². The number of para-hydroxylation sites is 1. The highest BCUT2D eigenvalue weighted by atomic mass is 19.4. The van der Waals surface area contributed by atoms with E-state index in [1.54, 1.807) is 4.90 Å². The summed E-state index contributed by atoms with van der Waals surface area (Å²) in [7, 11) is 0. The summed E-state index contributed by atoms with van der Waals surface area (Å²) >= 11 is 0. The molecule has 7 nitrogen and oxygen atoms in total. The smallest absolute Gasteiger partial charge is 0.356 e. The molecule has 0 bridgehead atoms. The van der Waals surface area contributed by atoms with Crippen LogP contribution in [0.1, 0.15) is 30.7 Å². The molecule has 2 aliphatic rings. The Kier molecular flexibility index (Phi) is 7.22. The third-order valence-electron chi connectivity index (χ3n) is 6.61. The first kappa shape index (κ1) is 24.3. The second-order valence-electron chi connectivity index (χ2n) is 9.20. The number of pyridine rings is 1. The van der Waals surface area contributed by atoms with Crippen LogP contribution in [-0.4, -0.2) is 59.1 Å². The van der Waals surface area contributed by atoms with Gasteiger partial charge in [0, 0.05) is 57.2 Å². The van der Waals surface area contributed by atoms with Gasteiger partial charge in [0.1, 0.15) is 23.3 Å². The highest BCUT2D eigenvalue weighted by Gasteiger charge is 2.36. The van der Waals surface area contributed by atoms with E-state index in [0.29, 0.717) is 38.5 Å². The van der Waals surface area contributed by atoms with Gasteiger partial charge >= 0.3 is 6.18 Å². The summed E-state index contributed by atoms with van der Waals surface area (Å²) < 4.78 is 40.3. The SMILES string of the molecule is FC(F)(F)c1cccnc1N1CCN(Cc2nc(Nc3ccccc3)cc(N3CCCCC3)n2)CC1. The Labute approximate surface area is 209 Å². The maximum absolute atomic E-state index is 13.4. The van der Waals surface area contributed by atoms with Crippen LogP contribution in [0.5, 0.6) is 0 Å². The molecule has 10 heteroatoms. The van der Waals surface area contributed by atoms with Crippen LogP contribution < -0.4 is 15.1 Å². The molecule has 0 saturated carbocycles. The molecule has 5 rings (SSSR count). The molecule has 1 aromatic carbocycles. The Balaban J connectivity index is 1.30. The van der Waals surface area contributed by atoms with Crippen molar-refractivity contribution < 1.29 is 13.2 Å². The van der Waals surface area contributed by atoms with E-state index >= 15 is 0 Å². The van der Waals surface area contributed by atoms with Gasteiger partial charge in [0.15, 0.2) is 0 Å². The van der Waals surface area contributed by atoms with Crippen LogP contribution in [0.15, 0.2) is 54.7 Å². The number of aromatic nitrogens is 3. The molecule has 3 aromatic rings. The fourth-order valence-electron chi connectivity index (χ4n) is 4.76. The third-order valence-corrected chi connectivity index (χ3v) is 6.61. The number of benzene rings is 1. The Hall–Kier alpha value is -3.40. The molecule has 1 N–H and O–H groups in total. The van der Waals surface area contributed by atoms with Crippen molar-refractivity contribution in [1.82, 2.24) is 19.9 Å². The van der Waals surface area contributed by atoms with Gasteiger partial charge in [-0.1, -0.05) is 18.2 Å². The number of halogens is 3. The number of anilines is 4. The van der Waals surface area contributed by atoms with Crippen LogP contribution >= 0.6 is 0 Å². The molecule has 2 saturated heterocycles. The van der Waals surface area contributed by atoms with Crippen molar-refractivity contribution in [1.29, 1.82) is 0 Å². The molecule has 2 aliphatic heterocycles. The zero-order valence-corrected chi connectivity index (χ0v) is 20.1. The largest absolute Gasteiger partial charge is 0.419 e. The molecule has 2 aromatic heterocycles. The fourth-order valence-corrected chi connectivity index (χ4v) is 4.76. The van der Waals surface area contributed by atoms with Crippen molar-refractivity contribution in [2.75, 3.05) is 54.4 Å². The van der Waals surface area contributed by atoms with E-state index in [2.05, 4.69) is 20.1 Å². The standard InChI is InChI=1S/C26H30F3N7/c27-26(28,29)21-10-7-11-30-25(21)36-16-14-34(15-17-36)19-23-32-22(31-20-8-3-1-4-9-20)18-24(33-23)35-12-5-2-6-13-35/h1,3-4,7-11,18H,2,5-6,12-17,19H2,(H,31,32,33). The van der Waals surface area contributed by atoms with Gasteiger partial charge in [-0.15, -0.1) is 0 Å². The molecule has 190 valence electrons. The molecule has 36 heavy (non-hydrogen) atoms. The van der Waals surface area contributed by atoms with Crippen LogP contribution in [0.3, 0.4) is 0 Å². The van der Waals surface area contributed by atoms with E-state index in [4.69, 9.17) is 9.97 Å². The van der Waals surface area contributed by atoms with Crippen LogP contribution in [-0.2, 0) is 12.7 Å². The van der Waals surface area contributed by atoms with Crippen LogP contribution in [0.2, 0.25) is 0 Å². The van der Waals surface area contributed by atoms with Gasteiger partial charge in [0.2, 0.25) is 0 Å². The van der Waals surface area contributed by atoms with Crippen LogP contribution in [0, 0.1) is 0 Å². The quantitative estimate of drug-likeness (QED) is 0.517. The summed E-state index contributed by atoms with van der Waals surface area (Å²) in [6.07, 6.45) is 0.524. The number of hydrogen-bond donors (Lipinski definition) is 1. The lowest BCUT2D eigenvalue weighted by molar-refractivity contribution is -0.137. The van der Waals surface area contributed by atoms with E-state index in [0.717, 1.165) is 49.3 Å². The minimum atomic E-state index is -4.42. The van der Waals surface area contributed by atoms with Crippen LogP contribution in [0.25, 0.3) is 0 Å². The van der Waals surface area contributed by atoms with Gasteiger partial charge < -0.3 is 15.1 Å². The first-order chi connectivity index (χ1) is 17.5. The molecule has 0 atom stereocenters. The minimum absolute atomic E-state index is 0.00217. The Morgan fingerprint density at radius 3 is 2.28 bits per heavy atom. The van der Waals surface area contributed by atoms with Crippen LogP contribution in [0.4, 0.5) is 36.3 Å².